The molecule has 0 fully saturated rings. The van der Waals surface area contributed by atoms with E-state index in [0.717, 1.165) is 11.3 Å². The highest BCUT2D eigenvalue weighted by molar-refractivity contribution is 6.05. The Bertz CT molecular complexity index is 2080. The predicted molar refractivity (Wildman–Crippen MR) is 155 cm³/mol. The number of aromatic nitrogens is 7. The Kier molecular flexibility index (Phi) is 6.28. The van der Waals surface area contributed by atoms with Crippen LogP contribution < -0.4 is 16.6 Å². The summed E-state index contributed by atoms with van der Waals surface area (Å²) in [5.41, 5.74) is 9.74. The molecule has 4 aromatic heterocycles. The van der Waals surface area contributed by atoms with Gasteiger partial charge in [-0.1, -0.05) is 36.1 Å². The fourth-order valence-corrected chi connectivity index (χ4v) is 4.70. The van der Waals surface area contributed by atoms with Gasteiger partial charge in [0.15, 0.2) is 5.82 Å². The van der Waals surface area contributed by atoms with Crippen LogP contribution >= 0.6 is 0 Å². The number of hydrogen-bond donors (Lipinski definition) is 2. The molecule has 0 radical (unpaired) electrons. The lowest BCUT2D eigenvalue weighted by atomic mass is 10.1. The topological polar surface area (TPSA) is 138 Å². The minimum absolute atomic E-state index is 0.0485. The molecule has 0 aliphatic heterocycles. The van der Waals surface area contributed by atoms with Crippen molar-refractivity contribution in [1.82, 2.24) is 39.5 Å². The maximum Gasteiger partial charge on any atom is 0.267 e. The first-order valence-corrected chi connectivity index (χ1v) is 12.9. The second-order valence-electron chi connectivity index (χ2n) is 9.52. The highest BCUT2D eigenvalue weighted by Crippen LogP contribution is 2.22. The molecule has 6 rings (SSSR count). The molecule has 3 N–H and O–H groups in total. The van der Waals surface area contributed by atoms with E-state index in [1.54, 1.807) is 48.3 Å². The molecule has 0 aliphatic rings. The lowest BCUT2D eigenvalue weighted by molar-refractivity contribution is 0.0940. The van der Waals surface area contributed by atoms with Crippen molar-refractivity contribution >= 4 is 28.1 Å². The number of hydrogen-bond acceptors (Lipinski definition) is 7. The molecule has 0 aliphatic carbocycles. The van der Waals surface area contributed by atoms with Crippen LogP contribution in [0.4, 0.5) is 5.82 Å². The number of carbonyl (C=O) groups excluding carboxylic acids is 1. The number of rotatable bonds is 4. The van der Waals surface area contributed by atoms with Gasteiger partial charge in [-0.25, -0.2) is 4.98 Å². The van der Waals surface area contributed by atoms with Gasteiger partial charge in [0.2, 0.25) is 0 Å². The van der Waals surface area contributed by atoms with Crippen LogP contribution in [0.5, 0.6) is 0 Å². The van der Waals surface area contributed by atoms with Crippen molar-refractivity contribution in [2.45, 2.75) is 19.9 Å². The van der Waals surface area contributed by atoms with Crippen molar-refractivity contribution in [3.8, 4) is 17.5 Å². The number of nitrogens with two attached hydrogens (primary N) is 1. The van der Waals surface area contributed by atoms with Crippen molar-refractivity contribution in [2.24, 2.45) is 7.05 Å². The van der Waals surface area contributed by atoms with Gasteiger partial charge in [0.05, 0.1) is 40.1 Å². The molecule has 0 unspecified atom stereocenters. The van der Waals surface area contributed by atoms with E-state index in [9.17, 15) is 9.59 Å². The van der Waals surface area contributed by atoms with Crippen molar-refractivity contribution in [2.75, 3.05) is 5.73 Å². The molecule has 0 saturated heterocycles. The van der Waals surface area contributed by atoms with Gasteiger partial charge in [0, 0.05) is 18.8 Å². The lowest BCUT2D eigenvalue weighted by Gasteiger charge is -2.20. The van der Waals surface area contributed by atoms with E-state index in [2.05, 4.69) is 32.5 Å². The average molecular weight is 544 g/mol. The molecular formula is C30H25N9O2. The summed E-state index contributed by atoms with van der Waals surface area (Å²) >= 11 is 0. The quantitative estimate of drug-likeness (QED) is 0.326. The molecule has 4 heterocycles. The number of nitrogen functional groups attached to an aromatic ring is 1. The van der Waals surface area contributed by atoms with E-state index in [1.807, 2.05) is 50.4 Å². The SMILES string of the molecule is Cc1c(C#Cc2cccc3nc([C@H](C)NC(=O)c4c(N)nn5ncccc45)n(-c4ccccc4)c(=O)c23)cnn1C. The molecule has 0 saturated carbocycles. The van der Waals surface area contributed by atoms with Gasteiger partial charge in [-0.3, -0.25) is 18.8 Å². The third-order valence-electron chi connectivity index (χ3n) is 6.91. The number of fused-ring (bicyclic) bond motifs is 2. The molecule has 6 aromatic rings. The zero-order valence-electron chi connectivity index (χ0n) is 22.5. The third-order valence-corrected chi connectivity index (χ3v) is 6.91. The van der Waals surface area contributed by atoms with Crippen molar-refractivity contribution in [3.63, 3.8) is 0 Å². The number of nitrogens with one attached hydrogen (secondary N) is 1. The molecule has 0 spiro atoms. The Morgan fingerprint density at radius 1 is 1.00 bits per heavy atom. The maximum atomic E-state index is 14.2. The molecule has 202 valence electrons. The third kappa shape index (κ3) is 4.47. The van der Waals surface area contributed by atoms with Crippen LogP contribution in [0, 0.1) is 18.8 Å². The smallest absolute Gasteiger partial charge is 0.267 e. The minimum atomic E-state index is -0.682. The van der Waals surface area contributed by atoms with Crippen molar-refractivity contribution in [3.05, 3.63) is 112 Å². The van der Waals surface area contributed by atoms with Crippen LogP contribution in [0.15, 0.2) is 77.9 Å². The summed E-state index contributed by atoms with van der Waals surface area (Å²) in [6.07, 6.45) is 3.25. The Morgan fingerprint density at radius 3 is 2.54 bits per heavy atom. The van der Waals surface area contributed by atoms with Crippen LogP contribution in [-0.2, 0) is 7.05 Å². The summed E-state index contributed by atoms with van der Waals surface area (Å²) in [6, 6.07) is 17.3. The van der Waals surface area contributed by atoms with Crippen LogP contribution in [0.2, 0.25) is 0 Å². The van der Waals surface area contributed by atoms with Gasteiger partial charge in [0.1, 0.15) is 16.9 Å². The second kappa shape index (κ2) is 10.1. The minimum Gasteiger partial charge on any atom is -0.381 e. The Balaban J connectivity index is 1.48. The van der Waals surface area contributed by atoms with Crippen molar-refractivity contribution in [1.29, 1.82) is 0 Å². The normalized spacial score (nSPS) is 11.8. The Hall–Kier alpha value is -5.76. The van der Waals surface area contributed by atoms with Crippen LogP contribution in [0.3, 0.4) is 0 Å². The van der Waals surface area contributed by atoms with Gasteiger partial charge in [-0.05, 0) is 50.2 Å². The molecule has 41 heavy (non-hydrogen) atoms. The second-order valence-corrected chi connectivity index (χ2v) is 9.52. The number of carbonyl (C=O) groups is 1. The number of aryl methyl sites for hydroxylation is 1. The van der Waals surface area contributed by atoms with Crippen LogP contribution in [0.25, 0.3) is 22.1 Å². The summed E-state index contributed by atoms with van der Waals surface area (Å²) in [5, 5.41) is 15.8. The van der Waals surface area contributed by atoms with E-state index in [0.29, 0.717) is 33.5 Å². The van der Waals surface area contributed by atoms with Crippen LogP contribution in [0.1, 0.15) is 46.0 Å². The highest BCUT2D eigenvalue weighted by Gasteiger charge is 2.24. The van der Waals surface area contributed by atoms with Crippen molar-refractivity contribution < 1.29 is 4.79 Å². The van der Waals surface area contributed by atoms with Gasteiger partial charge in [0.25, 0.3) is 11.5 Å². The summed E-state index contributed by atoms with van der Waals surface area (Å²) in [7, 11) is 1.85. The average Bonchev–Trinajstić information content (AvgIpc) is 3.49. The zero-order valence-corrected chi connectivity index (χ0v) is 22.5. The first-order chi connectivity index (χ1) is 19.8. The van der Waals surface area contributed by atoms with E-state index in [1.165, 1.54) is 9.20 Å². The standard InChI is InChI=1S/C30H25N9O2/c1-18(34-29(40)26-24-13-8-16-32-39(24)36-27(26)31)28-35-23-12-7-9-20(14-15-21-17-33-37(3)19(21)2)25(23)30(41)38(28)22-10-5-4-6-11-22/h4-13,16-18H,1-3H3,(H2,31,36)(H,34,40)/t18-/m0/s1. The monoisotopic (exact) mass is 543 g/mol. The van der Waals surface area contributed by atoms with E-state index in [-0.39, 0.29) is 16.9 Å². The van der Waals surface area contributed by atoms with Gasteiger partial charge in [-0.15, -0.1) is 9.73 Å². The van der Waals surface area contributed by atoms with E-state index >= 15 is 0 Å². The number of nitrogens with zero attached hydrogens (tertiary/aromatic N) is 7. The van der Waals surface area contributed by atoms with E-state index < -0.39 is 11.9 Å². The molecule has 1 amide bonds. The molecule has 11 nitrogen and oxygen atoms in total. The number of amides is 1. The largest absolute Gasteiger partial charge is 0.381 e. The highest BCUT2D eigenvalue weighted by atomic mass is 16.2. The summed E-state index contributed by atoms with van der Waals surface area (Å²) in [6.45, 7) is 3.70. The first kappa shape index (κ1) is 25.5. The maximum absolute atomic E-state index is 14.2. The van der Waals surface area contributed by atoms with Gasteiger partial charge in [-0.2, -0.15) is 10.2 Å². The zero-order chi connectivity index (χ0) is 28.7. The fourth-order valence-electron chi connectivity index (χ4n) is 4.70. The van der Waals surface area contributed by atoms with E-state index in [4.69, 9.17) is 10.7 Å². The summed E-state index contributed by atoms with van der Waals surface area (Å²) < 4.78 is 4.56. The lowest BCUT2D eigenvalue weighted by Crippen LogP contribution is -2.33. The fraction of sp³-hybridized carbons (Fsp3) is 0.133. The number of benzene rings is 2. The molecular weight excluding hydrogens is 518 g/mol. The molecule has 2 aromatic carbocycles. The van der Waals surface area contributed by atoms with Gasteiger partial charge >= 0.3 is 0 Å². The molecule has 1 atom stereocenters. The number of para-hydroxylation sites is 1. The number of anilines is 1. The first-order valence-electron chi connectivity index (χ1n) is 12.9. The Labute approximate surface area is 234 Å². The summed E-state index contributed by atoms with van der Waals surface area (Å²) in [4.78, 5) is 32.5. The molecule has 11 heteroatoms. The van der Waals surface area contributed by atoms with Gasteiger partial charge < -0.3 is 11.1 Å². The molecule has 0 bridgehead atoms. The van der Waals surface area contributed by atoms with Crippen LogP contribution in [-0.4, -0.2) is 40.1 Å². The predicted octanol–water partition coefficient (Wildman–Crippen LogP) is 2.94. The summed E-state index contributed by atoms with van der Waals surface area (Å²) in [5.74, 6) is 6.22. The Morgan fingerprint density at radius 2 is 1.78 bits per heavy atom.